The lowest BCUT2D eigenvalue weighted by Crippen LogP contribution is -2.34. The maximum absolute atomic E-state index is 4.75. The number of pyridine rings is 1. The first-order chi connectivity index (χ1) is 12.7. The van der Waals surface area contributed by atoms with E-state index in [9.17, 15) is 0 Å². The third-order valence-electron chi connectivity index (χ3n) is 4.96. The SMILES string of the molecule is Cc1nc(-c2nccn2C)cc(C2CCCN(Cc3cccnc3)C2)n1. The van der Waals surface area contributed by atoms with Gasteiger partial charge in [-0.1, -0.05) is 6.07 Å². The Kier molecular flexibility index (Phi) is 4.75. The van der Waals surface area contributed by atoms with Gasteiger partial charge >= 0.3 is 0 Å². The number of hydrogen-bond donors (Lipinski definition) is 0. The fraction of sp³-hybridized carbons (Fsp3) is 0.400. The van der Waals surface area contributed by atoms with Crippen molar-refractivity contribution in [3.63, 3.8) is 0 Å². The van der Waals surface area contributed by atoms with Crippen molar-refractivity contribution in [1.29, 1.82) is 0 Å². The number of rotatable bonds is 4. The van der Waals surface area contributed by atoms with E-state index in [4.69, 9.17) is 4.98 Å². The summed E-state index contributed by atoms with van der Waals surface area (Å²) >= 11 is 0. The third-order valence-corrected chi connectivity index (χ3v) is 4.96. The summed E-state index contributed by atoms with van der Waals surface area (Å²) in [6.45, 7) is 5.06. The fourth-order valence-electron chi connectivity index (χ4n) is 3.72. The van der Waals surface area contributed by atoms with Gasteiger partial charge in [-0.25, -0.2) is 15.0 Å². The summed E-state index contributed by atoms with van der Waals surface area (Å²) in [6, 6.07) is 6.27. The molecule has 0 amide bonds. The minimum absolute atomic E-state index is 0.432. The number of likely N-dealkylation sites (tertiary alicyclic amines) is 1. The van der Waals surface area contributed by atoms with Crippen molar-refractivity contribution >= 4 is 0 Å². The molecule has 1 aliphatic heterocycles. The van der Waals surface area contributed by atoms with Crippen molar-refractivity contribution in [3.8, 4) is 11.5 Å². The Labute approximate surface area is 154 Å². The first-order valence-electron chi connectivity index (χ1n) is 9.13. The first-order valence-corrected chi connectivity index (χ1v) is 9.13. The number of nitrogens with zero attached hydrogens (tertiary/aromatic N) is 6. The topological polar surface area (TPSA) is 59.7 Å². The van der Waals surface area contributed by atoms with E-state index in [1.54, 1.807) is 0 Å². The first kappa shape index (κ1) is 16.8. The Balaban J connectivity index is 1.55. The van der Waals surface area contributed by atoms with Crippen LogP contribution in [0.2, 0.25) is 0 Å². The highest BCUT2D eigenvalue weighted by Gasteiger charge is 2.24. The zero-order valence-electron chi connectivity index (χ0n) is 15.3. The van der Waals surface area contributed by atoms with Crippen LogP contribution >= 0.6 is 0 Å². The summed E-state index contributed by atoms with van der Waals surface area (Å²) in [7, 11) is 2.00. The van der Waals surface area contributed by atoms with Crippen LogP contribution in [0.5, 0.6) is 0 Å². The number of aromatic nitrogens is 5. The molecule has 0 aromatic carbocycles. The van der Waals surface area contributed by atoms with E-state index in [2.05, 4.69) is 32.0 Å². The minimum atomic E-state index is 0.432. The van der Waals surface area contributed by atoms with E-state index in [0.717, 1.165) is 42.7 Å². The molecule has 134 valence electrons. The van der Waals surface area contributed by atoms with Crippen LogP contribution in [0.25, 0.3) is 11.5 Å². The van der Waals surface area contributed by atoms with Crippen LogP contribution in [0.1, 0.15) is 35.8 Å². The molecule has 0 N–H and O–H groups in total. The molecule has 3 aromatic heterocycles. The molecule has 0 radical (unpaired) electrons. The molecule has 0 aliphatic carbocycles. The van der Waals surface area contributed by atoms with Crippen LogP contribution < -0.4 is 0 Å². The van der Waals surface area contributed by atoms with E-state index < -0.39 is 0 Å². The van der Waals surface area contributed by atoms with Crippen LogP contribution in [0.3, 0.4) is 0 Å². The largest absolute Gasteiger partial charge is 0.333 e. The highest BCUT2D eigenvalue weighted by molar-refractivity contribution is 5.50. The van der Waals surface area contributed by atoms with Crippen LogP contribution in [-0.2, 0) is 13.6 Å². The molecule has 1 saturated heterocycles. The number of imidazole rings is 1. The second-order valence-corrected chi connectivity index (χ2v) is 7.02. The second kappa shape index (κ2) is 7.33. The van der Waals surface area contributed by atoms with Gasteiger partial charge in [0.2, 0.25) is 0 Å². The molecule has 3 aromatic rings. The van der Waals surface area contributed by atoms with Crippen LogP contribution in [0, 0.1) is 6.92 Å². The van der Waals surface area contributed by atoms with Gasteiger partial charge in [-0.15, -0.1) is 0 Å². The molecule has 1 fully saturated rings. The molecular weight excluding hydrogens is 324 g/mol. The van der Waals surface area contributed by atoms with Crippen molar-refractivity contribution in [2.75, 3.05) is 13.1 Å². The summed E-state index contributed by atoms with van der Waals surface area (Å²) in [5.41, 5.74) is 3.30. The average molecular weight is 348 g/mol. The third kappa shape index (κ3) is 3.65. The summed E-state index contributed by atoms with van der Waals surface area (Å²) in [5, 5.41) is 0. The molecule has 4 heterocycles. The zero-order valence-corrected chi connectivity index (χ0v) is 15.3. The molecule has 6 nitrogen and oxygen atoms in total. The van der Waals surface area contributed by atoms with E-state index in [1.165, 1.54) is 18.4 Å². The maximum atomic E-state index is 4.75. The monoisotopic (exact) mass is 348 g/mol. The van der Waals surface area contributed by atoms with Crippen molar-refractivity contribution < 1.29 is 0 Å². The van der Waals surface area contributed by atoms with E-state index >= 15 is 0 Å². The number of aryl methyl sites for hydroxylation is 2. The van der Waals surface area contributed by atoms with Gasteiger partial charge in [0.1, 0.15) is 11.5 Å². The van der Waals surface area contributed by atoms with Crippen molar-refractivity contribution in [2.24, 2.45) is 7.05 Å². The molecule has 0 bridgehead atoms. The lowest BCUT2D eigenvalue weighted by Gasteiger charge is -2.32. The molecule has 0 saturated carbocycles. The van der Waals surface area contributed by atoms with Gasteiger partial charge in [0.05, 0.1) is 0 Å². The standard InChI is InChI=1S/C20H24N6/c1-15-23-18(11-19(24-15)20-22-8-10-25(20)2)17-6-4-9-26(14-17)13-16-5-3-7-21-12-16/h3,5,7-8,10-12,17H,4,6,9,13-14H2,1-2H3. The zero-order chi connectivity index (χ0) is 17.9. The normalized spacial score (nSPS) is 18.2. The van der Waals surface area contributed by atoms with Crippen LogP contribution in [0.4, 0.5) is 0 Å². The number of hydrogen-bond acceptors (Lipinski definition) is 5. The Bertz CT molecular complexity index is 873. The Hall–Kier alpha value is -2.60. The lowest BCUT2D eigenvalue weighted by molar-refractivity contribution is 0.198. The highest BCUT2D eigenvalue weighted by atomic mass is 15.1. The van der Waals surface area contributed by atoms with Crippen LogP contribution in [0.15, 0.2) is 43.0 Å². The summed E-state index contributed by atoms with van der Waals surface area (Å²) in [6.07, 6.45) is 9.89. The Morgan fingerprint density at radius 2 is 2.15 bits per heavy atom. The molecular formula is C20H24N6. The van der Waals surface area contributed by atoms with Gasteiger partial charge in [0.15, 0.2) is 5.82 Å². The average Bonchev–Trinajstić information content (AvgIpc) is 3.08. The molecule has 1 unspecified atom stereocenters. The van der Waals surface area contributed by atoms with E-state index in [-0.39, 0.29) is 0 Å². The van der Waals surface area contributed by atoms with Crippen molar-refractivity contribution in [3.05, 3.63) is 60.1 Å². The van der Waals surface area contributed by atoms with Crippen molar-refractivity contribution in [2.45, 2.75) is 32.2 Å². The number of piperidine rings is 1. The quantitative estimate of drug-likeness (QED) is 0.725. The molecule has 6 heteroatoms. The van der Waals surface area contributed by atoms with Crippen molar-refractivity contribution in [1.82, 2.24) is 29.4 Å². The lowest BCUT2D eigenvalue weighted by atomic mass is 9.93. The maximum Gasteiger partial charge on any atom is 0.158 e. The Morgan fingerprint density at radius 1 is 1.23 bits per heavy atom. The fourth-order valence-corrected chi connectivity index (χ4v) is 3.72. The van der Waals surface area contributed by atoms with E-state index in [1.807, 2.05) is 49.4 Å². The van der Waals surface area contributed by atoms with Gasteiger partial charge < -0.3 is 4.57 Å². The van der Waals surface area contributed by atoms with Gasteiger partial charge in [-0.2, -0.15) is 0 Å². The van der Waals surface area contributed by atoms with Gasteiger partial charge in [-0.3, -0.25) is 9.88 Å². The van der Waals surface area contributed by atoms with Gasteiger partial charge in [0, 0.05) is 56.5 Å². The second-order valence-electron chi connectivity index (χ2n) is 7.02. The molecule has 4 rings (SSSR count). The van der Waals surface area contributed by atoms with Crippen LogP contribution in [-0.4, -0.2) is 42.5 Å². The smallest absolute Gasteiger partial charge is 0.158 e. The Morgan fingerprint density at radius 3 is 2.92 bits per heavy atom. The molecule has 1 atom stereocenters. The van der Waals surface area contributed by atoms with E-state index in [0.29, 0.717) is 5.92 Å². The molecule has 1 aliphatic rings. The summed E-state index contributed by atoms with van der Waals surface area (Å²) in [4.78, 5) is 20.5. The molecule has 0 spiro atoms. The minimum Gasteiger partial charge on any atom is -0.333 e. The van der Waals surface area contributed by atoms with Gasteiger partial charge in [0.25, 0.3) is 0 Å². The highest BCUT2D eigenvalue weighted by Crippen LogP contribution is 2.28. The summed E-state index contributed by atoms with van der Waals surface area (Å²) in [5.74, 6) is 2.13. The predicted octanol–water partition coefficient (Wildman–Crippen LogP) is 2.96. The summed E-state index contributed by atoms with van der Waals surface area (Å²) < 4.78 is 2.00. The van der Waals surface area contributed by atoms with Gasteiger partial charge in [-0.05, 0) is 44.0 Å². The predicted molar refractivity (Wildman–Crippen MR) is 100 cm³/mol. The molecule has 26 heavy (non-hydrogen) atoms.